The second-order valence-corrected chi connectivity index (χ2v) is 6.14. The summed E-state index contributed by atoms with van der Waals surface area (Å²) in [5.41, 5.74) is 7.98. The average Bonchev–Trinajstić information content (AvgIpc) is 2.39. The van der Waals surface area contributed by atoms with Crippen LogP contribution in [0.25, 0.3) is 5.70 Å². The number of β-amino-alcohol motifs (C(OH)–C–C–N with tert-alkyl or cyclic N) is 1. The van der Waals surface area contributed by atoms with E-state index in [2.05, 4.69) is 22.9 Å². The van der Waals surface area contributed by atoms with Crippen LogP contribution in [0.4, 0.5) is 5.69 Å². The molecule has 1 aliphatic heterocycles. The summed E-state index contributed by atoms with van der Waals surface area (Å²) in [4.78, 5) is 6.61. The van der Waals surface area contributed by atoms with E-state index in [1.807, 2.05) is 26.0 Å². The van der Waals surface area contributed by atoms with E-state index in [0.717, 1.165) is 36.3 Å². The van der Waals surface area contributed by atoms with Crippen LogP contribution in [0, 0.1) is 0 Å². The number of aromatic nitrogens is 1. The van der Waals surface area contributed by atoms with Gasteiger partial charge in [0.1, 0.15) is 5.69 Å². The number of nitrogens with two attached hydrogens (primary N) is 1. The van der Waals surface area contributed by atoms with Crippen LogP contribution in [0.5, 0.6) is 0 Å². The molecule has 1 aromatic rings. The lowest BCUT2D eigenvalue weighted by Gasteiger charge is -2.39. The van der Waals surface area contributed by atoms with Gasteiger partial charge in [-0.2, -0.15) is 0 Å². The highest BCUT2D eigenvalue weighted by molar-refractivity contribution is 5.76. The maximum Gasteiger partial charge on any atom is 0.109 e. The predicted molar refractivity (Wildman–Crippen MR) is 83.4 cm³/mol. The molecule has 110 valence electrons. The van der Waals surface area contributed by atoms with Crippen molar-refractivity contribution in [3.05, 3.63) is 30.1 Å². The third kappa shape index (κ3) is 3.31. The highest BCUT2D eigenvalue weighted by Crippen LogP contribution is 2.33. The smallest absolute Gasteiger partial charge is 0.109 e. The van der Waals surface area contributed by atoms with Crippen LogP contribution in [0.3, 0.4) is 0 Å². The van der Waals surface area contributed by atoms with Gasteiger partial charge in [0.15, 0.2) is 0 Å². The van der Waals surface area contributed by atoms with Crippen molar-refractivity contribution in [3.8, 4) is 0 Å². The summed E-state index contributed by atoms with van der Waals surface area (Å²) in [5, 5.41) is 10.2. The lowest BCUT2D eigenvalue weighted by atomic mass is 9.97. The SMILES string of the molecule is CCCCC1C=C(N)c2ncccc2N1CC(C)(C)O. The number of fused-ring (bicyclic) bond motifs is 1. The standard InChI is InChI=1S/C16H25N3O/c1-4-5-7-12-10-13(17)15-14(8-6-9-18-15)19(12)11-16(2,3)20/h6,8-10,12,20H,4-5,7,11,17H2,1-3H3. The molecular weight excluding hydrogens is 250 g/mol. The zero-order valence-corrected chi connectivity index (χ0v) is 12.6. The summed E-state index contributed by atoms with van der Waals surface area (Å²) in [5.74, 6) is 0. The molecule has 0 fully saturated rings. The Morgan fingerprint density at radius 2 is 2.20 bits per heavy atom. The summed E-state index contributed by atoms with van der Waals surface area (Å²) in [6.07, 6.45) is 7.18. The Bertz CT molecular complexity index is 491. The van der Waals surface area contributed by atoms with Crippen LogP contribution in [0.15, 0.2) is 24.4 Å². The fourth-order valence-corrected chi connectivity index (χ4v) is 2.68. The number of pyridine rings is 1. The predicted octanol–water partition coefficient (Wildman–Crippen LogP) is 2.53. The monoisotopic (exact) mass is 275 g/mol. The summed E-state index contributed by atoms with van der Waals surface area (Å²) in [6.45, 7) is 6.43. The average molecular weight is 275 g/mol. The number of hydrogen-bond donors (Lipinski definition) is 2. The number of aliphatic hydroxyl groups is 1. The lowest BCUT2D eigenvalue weighted by molar-refractivity contribution is 0.0857. The highest BCUT2D eigenvalue weighted by atomic mass is 16.3. The van der Waals surface area contributed by atoms with Crippen molar-refractivity contribution in [3.63, 3.8) is 0 Å². The molecular formula is C16H25N3O. The third-order valence-corrected chi connectivity index (χ3v) is 3.55. The molecule has 4 nitrogen and oxygen atoms in total. The van der Waals surface area contributed by atoms with E-state index in [4.69, 9.17) is 5.73 Å². The fourth-order valence-electron chi connectivity index (χ4n) is 2.68. The van der Waals surface area contributed by atoms with E-state index in [9.17, 15) is 5.11 Å². The first-order valence-corrected chi connectivity index (χ1v) is 7.34. The molecule has 0 amide bonds. The maximum atomic E-state index is 10.2. The minimum atomic E-state index is -0.752. The molecule has 3 N–H and O–H groups in total. The van der Waals surface area contributed by atoms with Gasteiger partial charge in [-0.3, -0.25) is 4.98 Å². The van der Waals surface area contributed by atoms with Crippen LogP contribution in [-0.4, -0.2) is 28.3 Å². The molecule has 2 heterocycles. The van der Waals surface area contributed by atoms with E-state index in [-0.39, 0.29) is 6.04 Å². The van der Waals surface area contributed by atoms with Crippen LogP contribution in [-0.2, 0) is 0 Å². The minimum Gasteiger partial charge on any atom is -0.397 e. The summed E-state index contributed by atoms with van der Waals surface area (Å²) in [6, 6.07) is 4.19. The van der Waals surface area contributed by atoms with E-state index < -0.39 is 5.60 Å². The molecule has 1 unspecified atom stereocenters. The normalized spacial score (nSPS) is 18.7. The molecule has 1 atom stereocenters. The largest absolute Gasteiger partial charge is 0.397 e. The molecule has 1 aromatic heterocycles. The lowest BCUT2D eigenvalue weighted by Crippen LogP contribution is -2.46. The molecule has 0 saturated carbocycles. The Hall–Kier alpha value is -1.55. The number of hydrogen-bond acceptors (Lipinski definition) is 4. The van der Waals surface area contributed by atoms with Gasteiger partial charge >= 0.3 is 0 Å². The quantitative estimate of drug-likeness (QED) is 0.867. The van der Waals surface area contributed by atoms with E-state index >= 15 is 0 Å². The van der Waals surface area contributed by atoms with Crippen molar-refractivity contribution in [2.45, 2.75) is 51.7 Å². The molecule has 0 bridgehead atoms. The Morgan fingerprint density at radius 1 is 1.45 bits per heavy atom. The Kier molecular flexibility index (Phi) is 4.33. The molecule has 0 aliphatic carbocycles. The van der Waals surface area contributed by atoms with Crippen LogP contribution < -0.4 is 10.6 Å². The topological polar surface area (TPSA) is 62.4 Å². The second kappa shape index (κ2) is 5.83. The van der Waals surface area contributed by atoms with Gasteiger partial charge in [0, 0.05) is 18.8 Å². The Morgan fingerprint density at radius 3 is 2.85 bits per heavy atom. The number of nitrogens with zero attached hydrogens (tertiary/aromatic N) is 2. The van der Waals surface area contributed by atoms with Crippen molar-refractivity contribution in [1.82, 2.24) is 4.98 Å². The molecule has 0 aromatic carbocycles. The first-order chi connectivity index (χ1) is 9.42. The number of rotatable bonds is 5. The molecule has 0 radical (unpaired) electrons. The van der Waals surface area contributed by atoms with Crippen molar-refractivity contribution < 1.29 is 5.11 Å². The second-order valence-electron chi connectivity index (χ2n) is 6.14. The molecule has 2 rings (SSSR count). The fraction of sp³-hybridized carbons (Fsp3) is 0.562. The Labute approximate surface area is 121 Å². The van der Waals surface area contributed by atoms with Gasteiger partial charge in [0.2, 0.25) is 0 Å². The van der Waals surface area contributed by atoms with Gasteiger partial charge in [-0.15, -0.1) is 0 Å². The first-order valence-electron chi connectivity index (χ1n) is 7.34. The summed E-state index contributed by atoms with van der Waals surface area (Å²) in [7, 11) is 0. The van der Waals surface area contributed by atoms with Gasteiger partial charge in [-0.05, 0) is 38.5 Å². The molecule has 4 heteroatoms. The van der Waals surface area contributed by atoms with E-state index in [0.29, 0.717) is 6.54 Å². The van der Waals surface area contributed by atoms with Gasteiger partial charge in [-0.25, -0.2) is 0 Å². The van der Waals surface area contributed by atoms with Gasteiger partial charge < -0.3 is 15.7 Å². The zero-order chi connectivity index (χ0) is 14.8. The molecule has 20 heavy (non-hydrogen) atoms. The first kappa shape index (κ1) is 14.9. The number of anilines is 1. The van der Waals surface area contributed by atoms with Gasteiger partial charge in [0.05, 0.1) is 17.0 Å². The van der Waals surface area contributed by atoms with Crippen LogP contribution in [0.1, 0.15) is 45.7 Å². The van der Waals surface area contributed by atoms with Crippen LogP contribution in [0.2, 0.25) is 0 Å². The van der Waals surface area contributed by atoms with Gasteiger partial charge in [0.25, 0.3) is 0 Å². The van der Waals surface area contributed by atoms with Crippen LogP contribution >= 0.6 is 0 Å². The third-order valence-electron chi connectivity index (χ3n) is 3.55. The number of unbranched alkanes of at least 4 members (excludes halogenated alkanes) is 1. The zero-order valence-electron chi connectivity index (χ0n) is 12.6. The van der Waals surface area contributed by atoms with Gasteiger partial charge in [-0.1, -0.05) is 19.8 Å². The van der Waals surface area contributed by atoms with Crippen molar-refractivity contribution in [1.29, 1.82) is 0 Å². The molecule has 0 spiro atoms. The minimum absolute atomic E-state index is 0.234. The molecule has 0 saturated heterocycles. The summed E-state index contributed by atoms with van der Waals surface area (Å²) < 4.78 is 0. The van der Waals surface area contributed by atoms with Crippen molar-refractivity contribution >= 4 is 11.4 Å². The maximum absolute atomic E-state index is 10.2. The van der Waals surface area contributed by atoms with E-state index in [1.165, 1.54) is 0 Å². The van der Waals surface area contributed by atoms with Crippen molar-refractivity contribution in [2.24, 2.45) is 5.73 Å². The van der Waals surface area contributed by atoms with E-state index in [1.54, 1.807) is 6.20 Å². The molecule has 1 aliphatic rings. The highest BCUT2D eigenvalue weighted by Gasteiger charge is 2.29. The summed E-state index contributed by atoms with van der Waals surface area (Å²) >= 11 is 0. The Balaban J connectivity index is 2.35. The van der Waals surface area contributed by atoms with Crippen molar-refractivity contribution in [2.75, 3.05) is 11.4 Å².